The second-order valence-electron chi connectivity index (χ2n) is 7.21. The van der Waals surface area contributed by atoms with Gasteiger partial charge in [0.2, 0.25) is 0 Å². The highest BCUT2D eigenvalue weighted by atomic mass is 28.3. The molecule has 0 spiro atoms. The minimum absolute atomic E-state index is 0.0348. The fraction of sp³-hybridized carbons (Fsp3) is 0.714. The van der Waals surface area contributed by atoms with E-state index in [0.717, 1.165) is 6.42 Å². The van der Waals surface area contributed by atoms with Gasteiger partial charge in [-0.25, -0.2) is 0 Å². The molecule has 0 saturated heterocycles. The van der Waals surface area contributed by atoms with Gasteiger partial charge >= 0.3 is 0 Å². The minimum atomic E-state index is -1.66. The number of allylic oxidation sites excluding steroid dienone is 1. The fourth-order valence-electron chi connectivity index (χ4n) is 3.49. The minimum Gasteiger partial charge on any atom is -0.374 e. The van der Waals surface area contributed by atoms with Crippen molar-refractivity contribution in [1.29, 1.82) is 0 Å². The summed E-state index contributed by atoms with van der Waals surface area (Å²) in [4.78, 5) is 0. The molecule has 0 aliphatic carbocycles. The van der Waals surface area contributed by atoms with Crippen molar-refractivity contribution in [3.63, 3.8) is 0 Å². The molecule has 0 radical (unpaired) electrons. The smallest absolute Gasteiger partial charge is 0.146 e. The summed E-state index contributed by atoms with van der Waals surface area (Å²) in [6.45, 7) is 21.3. The Balaban J connectivity index is 4.91. The van der Waals surface area contributed by atoms with Gasteiger partial charge in [0.05, 0.1) is 13.2 Å². The van der Waals surface area contributed by atoms with E-state index in [1.165, 1.54) is 0 Å². The molecule has 0 N–H and O–H groups in total. The van der Waals surface area contributed by atoms with Crippen molar-refractivity contribution in [2.24, 2.45) is 0 Å². The molecule has 0 aromatic rings. The molecule has 0 amide bonds. The van der Waals surface area contributed by atoms with Crippen LogP contribution in [-0.4, -0.2) is 34.0 Å². The van der Waals surface area contributed by atoms with E-state index in [0.29, 0.717) is 36.4 Å². The maximum absolute atomic E-state index is 5.93. The molecule has 0 heterocycles. The number of rotatable bonds is 11. The number of ether oxygens (including phenoxy) is 2. The van der Waals surface area contributed by atoms with Crippen LogP contribution in [0.15, 0.2) is 24.8 Å². The molecule has 138 valence electrons. The molecule has 0 saturated carbocycles. The lowest BCUT2D eigenvalue weighted by Gasteiger charge is -2.38. The van der Waals surface area contributed by atoms with Crippen molar-refractivity contribution < 1.29 is 9.47 Å². The Labute approximate surface area is 151 Å². The molecule has 0 rings (SSSR count). The standard InChI is InChI=1S/C21H38O2Si/c1-9-11-13-21(17-22-14-10-2)23-15-12-16-24(18(3)4,19(5)6)20(7)8/h10-11,13,18-21H,2,9,14-15,17H2,1,3-8H3/b13-11-/t21-/m1/s1. The van der Waals surface area contributed by atoms with Crippen LogP contribution in [0.3, 0.4) is 0 Å². The van der Waals surface area contributed by atoms with Gasteiger partial charge in [-0.1, -0.05) is 72.6 Å². The largest absolute Gasteiger partial charge is 0.374 e. The van der Waals surface area contributed by atoms with Crippen LogP contribution in [0.4, 0.5) is 0 Å². The summed E-state index contributed by atoms with van der Waals surface area (Å²) in [7, 11) is -1.66. The summed E-state index contributed by atoms with van der Waals surface area (Å²) in [5.41, 5.74) is 5.64. The molecule has 0 aliphatic heterocycles. The first-order valence-electron chi connectivity index (χ1n) is 9.29. The lowest BCUT2D eigenvalue weighted by atomic mass is 10.3. The van der Waals surface area contributed by atoms with E-state index >= 15 is 0 Å². The molecule has 3 heteroatoms. The summed E-state index contributed by atoms with van der Waals surface area (Å²) in [5, 5.41) is 0. The van der Waals surface area contributed by atoms with Gasteiger partial charge in [0, 0.05) is 0 Å². The van der Waals surface area contributed by atoms with E-state index < -0.39 is 8.07 Å². The van der Waals surface area contributed by atoms with Crippen molar-refractivity contribution in [2.45, 2.75) is 77.6 Å². The molecular weight excluding hydrogens is 312 g/mol. The molecular formula is C21H38O2Si. The van der Waals surface area contributed by atoms with Gasteiger partial charge < -0.3 is 9.47 Å². The third kappa shape index (κ3) is 7.38. The van der Waals surface area contributed by atoms with Crippen LogP contribution in [-0.2, 0) is 9.47 Å². The van der Waals surface area contributed by atoms with Crippen molar-refractivity contribution >= 4 is 8.07 Å². The van der Waals surface area contributed by atoms with Gasteiger partial charge in [0.15, 0.2) is 0 Å². The van der Waals surface area contributed by atoms with Crippen LogP contribution in [0.25, 0.3) is 0 Å². The second-order valence-corrected chi connectivity index (χ2v) is 12.8. The van der Waals surface area contributed by atoms with Crippen LogP contribution >= 0.6 is 0 Å². The van der Waals surface area contributed by atoms with Gasteiger partial charge in [-0.2, -0.15) is 0 Å². The molecule has 0 aromatic heterocycles. The molecule has 0 aromatic carbocycles. The van der Waals surface area contributed by atoms with E-state index in [1.54, 1.807) is 6.08 Å². The summed E-state index contributed by atoms with van der Waals surface area (Å²) < 4.78 is 11.4. The molecule has 0 unspecified atom stereocenters. The van der Waals surface area contributed by atoms with Gasteiger partial charge in [-0.05, 0) is 23.0 Å². The summed E-state index contributed by atoms with van der Waals surface area (Å²) in [6, 6.07) is 0. The fourth-order valence-corrected chi connectivity index (χ4v) is 8.73. The lowest BCUT2D eigenvalue weighted by molar-refractivity contribution is 0.0306. The predicted molar refractivity (Wildman–Crippen MR) is 109 cm³/mol. The highest BCUT2D eigenvalue weighted by Crippen LogP contribution is 2.40. The molecule has 0 fully saturated rings. The maximum Gasteiger partial charge on any atom is 0.146 e. The van der Waals surface area contributed by atoms with E-state index in [-0.39, 0.29) is 6.10 Å². The van der Waals surface area contributed by atoms with E-state index in [9.17, 15) is 0 Å². The monoisotopic (exact) mass is 350 g/mol. The van der Waals surface area contributed by atoms with Crippen LogP contribution in [0.1, 0.15) is 54.9 Å². The first-order chi connectivity index (χ1) is 11.3. The summed E-state index contributed by atoms with van der Waals surface area (Å²) in [5.74, 6) is 3.35. The lowest BCUT2D eigenvalue weighted by Crippen LogP contribution is -2.43. The third-order valence-electron chi connectivity index (χ3n) is 4.64. The third-order valence-corrected chi connectivity index (χ3v) is 11.0. The van der Waals surface area contributed by atoms with E-state index in [2.05, 4.69) is 78.7 Å². The Morgan fingerprint density at radius 3 is 2.08 bits per heavy atom. The van der Waals surface area contributed by atoms with E-state index in [1.807, 2.05) is 0 Å². The van der Waals surface area contributed by atoms with Crippen molar-refractivity contribution in [3.05, 3.63) is 24.8 Å². The molecule has 0 aliphatic rings. The maximum atomic E-state index is 5.93. The van der Waals surface area contributed by atoms with Gasteiger partial charge in [-0.15, -0.1) is 12.1 Å². The summed E-state index contributed by atoms with van der Waals surface area (Å²) in [6.07, 6.45) is 6.91. The van der Waals surface area contributed by atoms with Crippen LogP contribution in [0.5, 0.6) is 0 Å². The zero-order valence-electron chi connectivity index (χ0n) is 16.9. The highest BCUT2D eigenvalue weighted by molar-refractivity contribution is 6.90. The van der Waals surface area contributed by atoms with Crippen LogP contribution in [0, 0.1) is 11.5 Å². The first-order valence-corrected chi connectivity index (χ1v) is 11.5. The Morgan fingerprint density at radius 1 is 1.04 bits per heavy atom. The Hall–Kier alpha value is -0.823. The Bertz CT molecular complexity index is 405. The SMILES string of the molecule is C=CCOC[C@@H](/C=C\CC)OCC#C[Si](C(C)C)(C(C)C)C(C)C. The zero-order valence-corrected chi connectivity index (χ0v) is 17.9. The van der Waals surface area contributed by atoms with Gasteiger partial charge in [0.25, 0.3) is 0 Å². The Morgan fingerprint density at radius 2 is 1.62 bits per heavy atom. The highest BCUT2D eigenvalue weighted by Gasteiger charge is 2.41. The Kier molecular flexibility index (Phi) is 12.1. The van der Waals surface area contributed by atoms with Crippen molar-refractivity contribution in [2.75, 3.05) is 19.8 Å². The number of hydrogen-bond donors (Lipinski definition) is 0. The predicted octanol–water partition coefficient (Wildman–Crippen LogP) is 5.76. The zero-order chi connectivity index (χ0) is 18.6. The quantitative estimate of drug-likeness (QED) is 0.204. The topological polar surface area (TPSA) is 18.5 Å². The van der Waals surface area contributed by atoms with Crippen molar-refractivity contribution in [1.82, 2.24) is 0 Å². The average Bonchev–Trinajstić information content (AvgIpc) is 2.50. The molecule has 2 nitrogen and oxygen atoms in total. The molecule has 1 atom stereocenters. The second kappa shape index (κ2) is 12.5. The molecule has 24 heavy (non-hydrogen) atoms. The number of hydrogen-bond acceptors (Lipinski definition) is 2. The average molecular weight is 351 g/mol. The first kappa shape index (κ1) is 23.2. The van der Waals surface area contributed by atoms with Gasteiger partial charge in [-0.3, -0.25) is 0 Å². The summed E-state index contributed by atoms with van der Waals surface area (Å²) >= 11 is 0. The van der Waals surface area contributed by atoms with Crippen LogP contribution < -0.4 is 0 Å². The van der Waals surface area contributed by atoms with Crippen molar-refractivity contribution in [3.8, 4) is 11.5 Å². The molecule has 0 bridgehead atoms. The normalized spacial score (nSPS) is 13.6. The van der Waals surface area contributed by atoms with E-state index in [4.69, 9.17) is 9.47 Å². The van der Waals surface area contributed by atoms with Crippen LogP contribution in [0.2, 0.25) is 16.6 Å². The van der Waals surface area contributed by atoms with Gasteiger partial charge in [0.1, 0.15) is 20.8 Å².